The number of ether oxygens (including phenoxy) is 1. The van der Waals surface area contributed by atoms with Crippen LogP contribution >= 0.6 is 0 Å². The lowest BCUT2D eigenvalue weighted by atomic mass is 9.68. The molecule has 0 aliphatic carbocycles. The quantitative estimate of drug-likeness (QED) is 0.211. The standard InChI is InChI=1S/C36H36N2O5S2/c1-25-12-16-28(17-13-25)44(39,40)37-23-33-35(36(24-37)20-21-43-34(22-36)30-9-5-4-8-27(30)3)31-10-6-7-11-32(31)38(33)45(41,42)29-18-14-26(2)15-19-29/h4-19,34H,20-24H2,1-3H3. The lowest BCUT2D eigenvalue weighted by Crippen LogP contribution is -2.51. The van der Waals surface area contributed by atoms with Gasteiger partial charge in [-0.05, 0) is 80.6 Å². The van der Waals surface area contributed by atoms with Crippen LogP contribution < -0.4 is 0 Å². The number of para-hydroxylation sites is 1. The normalized spacial score (nSPS) is 20.8. The van der Waals surface area contributed by atoms with Crippen molar-refractivity contribution < 1.29 is 21.6 Å². The first-order chi connectivity index (χ1) is 21.5. The maximum Gasteiger partial charge on any atom is 0.268 e. The van der Waals surface area contributed by atoms with Gasteiger partial charge in [-0.1, -0.05) is 77.9 Å². The minimum atomic E-state index is -4.08. The monoisotopic (exact) mass is 640 g/mol. The fourth-order valence-corrected chi connectivity index (χ4v) is 10.2. The second kappa shape index (κ2) is 10.9. The van der Waals surface area contributed by atoms with Crippen molar-refractivity contribution in [3.05, 3.63) is 131 Å². The van der Waals surface area contributed by atoms with Crippen LogP contribution in [-0.2, 0) is 36.7 Å². The van der Waals surface area contributed by atoms with Gasteiger partial charge in [0.05, 0.1) is 33.7 Å². The van der Waals surface area contributed by atoms with E-state index in [0.29, 0.717) is 30.7 Å². The molecule has 1 aromatic heterocycles. The fraction of sp³-hybridized carbons (Fsp3) is 0.278. The van der Waals surface area contributed by atoms with Crippen molar-refractivity contribution in [1.29, 1.82) is 0 Å². The molecule has 1 fully saturated rings. The molecule has 232 valence electrons. The second-order valence-electron chi connectivity index (χ2n) is 12.5. The number of aromatic nitrogens is 1. The Hall–Kier alpha value is -3.76. The summed E-state index contributed by atoms with van der Waals surface area (Å²) < 4.78 is 67.0. The number of sulfonamides is 1. The molecule has 2 aliphatic rings. The van der Waals surface area contributed by atoms with Crippen LogP contribution in [0.5, 0.6) is 0 Å². The van der Waals surface area contributed by atoms with Crippen molar-refractivity contribution in [2.24, 2.45) is 0 Å². The number of hydrogen-bond acceptors (Lipinski definition) is 5. The van der Waals surface area contributed by atoms with Gasteiger partial charge < -0.3 is 4.74 Å². The van der Waals surface area contributed by atoms with Gasteiger partial charge in [0.2, 0.25) is 10.0 Å². The predicted octanol–water partition coefficient (Wildman–Crippen LogP) is 6.80. The number of nitrogens with zero attached hydrogens (tertiary/aromatic N) is 2. The molecule has 2 unspecified atom stereocenters. The molecule has 45 heavy (non-hydrogen) atoms. The largest absolute Gasteiger partial charge is 0.373 e. The summed E-state index contributed by atoms with van der Waals surface area (Å²) in [5.41, 5.74) is 5.33. The molecule has 2 aliphatic heterocycles. The van der Waals surface area contributed by atoms with Crippen LogP contribution in [0.15, 0.2) is 107 Å². The van der Waals surface area contributed by atoms with Gasteiger partial charge in [-0.3, -0.25) is 0 Å². The third-order valence-corrected chi connectivity index (χ3v) is 13.1. The smallest absolute Gasteiger partial charge is 0.268 e. The zero-order chi connectivity index (χ0) is 31.6. The molecule has 0 bridgehead atoms. The van der Waals surface area contributed by atoms with E-state index >= 15 is 0 Å². The molecule has 0 radical (unpaired) electrons. The van der Waals surface area contributed by atoms with Crippen LogP contribution in [0.3, 0.4) is 0 Å². The summed E-state index contributed by atoms with van der Waals surface area (Å²) in [6.45, 7) is 6.46. The highest BCUT2D eigenvalue weighted by molar-refractivity contribution is 7.90. The molecule has 0 N–H and O–H groups in total. The van der Waals surface area contributed by atoms with E-state index in [0.717, 1.165) is 33.2 Å². The van der Waals surface area contributed by atoms with Gasteiger partial charge in [-0.15, -0.1) is 0 Å². The van der Waals surface area contributed by atoms with E-state index in [9.17, 15) is 16.8 Å². The van der Waals surface area contributed by atoms with Crippen LogP contribution in [0.2, 0.25) is 0 Å². The highest BCUT2D eigenvalue weighted by atomic mass is 32.2. The van der Waals surface area contributed by atoms with E-state index in [-0.39, 0.29) is 29.0 Å². The topological polar surface area (TPSA) is 85.7 Å². The molecule has 7 nitrogen and oxygen atoms in total. The van der Waals surface area contributed by atoms with Crippen molar-refractivity contribution in [2.45, 2.75) is 61.5 Å². The van der Waals surface area contributed by atoms with Crippen molar-refractivity contribution in [1.82, 2.24) is 8.28 Å². The molecule has 9 heteroatoms. The number of hydrogen-bond donors (Lipinski definition) is 0. The van der Waals surface area contributed by atoms with Crippen molar-refractivity contribution in [3.63, 3.8) is 0 Å². The predicted molar refractivity (Wildman–Crippen MR) is 175 cm³/mol. The molecule has 3 heterocycles. The van der Waals surface area contributed by atoms with Gasteiger partial charge in [-0.2, -0.15) is 4.31 Å². The summed E-state index contributed by atoms with van der Waals surface area (Å²) in [7, 11) is -8.06. The Morgan fingerprint density at radius 1 is 0.733 bits per heavy atom. The molecular weight excluding hydrogens is 605 g/mol. The molecule has 0 saturated carbocycles. The third kappa shape index (κ3) is 4.93. The van der Waals surface area contributed by atoms with E-state index in [4.69, 9.17) is 4.74 Å². The summed E-state index contributed by atoms with van der Waals surface area (Å²) in [5.74, 6) is 0. The van der Waals surface area contributed by atoms with Crippen LogP contribution in [-0.4, -0.2) is 38.3 Å². The highest BCUT2D eigenvalue weighted by Gasteiger charge is 2.50. The third-order valence-electron chi connectivity index (χ3n) is 9.49. The summed E-state index contributed by atoms with van der Waals surface area (Å²) in [4.78, 5) is 0.354. The SMILES string of the molecule is Cc1ccc(S(=O)(=O)N2Cc3c(c4ccccc4n3S(=O)(=O)c3ccc(C)cc3)C3(CCOC(c4ccccc4C)C3)C2)cc1. The number of benzene rings is 4. The van der Waals surface area contributed by atoms with Gasteiger partial charge in [0, 0.05) is 24.0 Å². The minimum absolute atomic E-state index is 0.0665. The summed E-state index contributed by atoms with van der Waals surface area (Å²) in [6, 6.07) is 29.3. The molecule has 2 atom stereocenters. The molecular formula is C36H36N2O5S2. The minimum Gasteiger partial charge on any atom is -0.373 e. The average molecular weight is 641 g/mol. The molecule has 0 amide bonds. The fourth-order valence-electron chi connectivity index (χ4n) is 7.19. The average Bonchev–Trinajstić information content (AvgIpc) is 3.38. The first kappa shape index (κ1) is 29.9. The maximum atomic E-state index is 14.5. The van der Waals surface area contributed by atoms with Gasteiger partial charge in [0.1, 0.15) is 0 Å². The number of fused-ring (bicyclic) bond motifs is 4. The lowest BCUT2D eigenvalue weighted by molar-refractivity contribution is -0.0303. The molecule has 5 aromatic rings. The van der Waals surface area contributed by atoms with Gasteiger partial charge in [-0.25, -0.2) is 20.8 Å². The Balaban J connectivity index is 1.48. The Labute approximate surface area is 265 Å². The zero-order valence-corrected chi connectivity index (χ0v) is 27.2. The van der Waals surface area contributed by atoms with Crippen molar-refractivity contribution in [3.8, 4) is 0 Å². The van der Waals surface area contributed by atoms with Gasteiger partial charge >= 0.3 is 0 Å². The number of rotatable bonds is 5. The van der Waals surface area contributed by atoms with E-state index in [1.54, 1.807) is 48.5 Å². The van der Waals surface area contributed by atoms with Crippen molar-refractivity contribution >= 4 is 30.9 Å². The van der Waals surface area contributed by atoms with Crippen LogP contribution in [0.25, 0.3) is 10.9 Å². The first-order valence-corrected chi connectivity index (χ1v) is 18.1. The highest BCUT2D eigenvalue weighted by Crippen LogP contribution is 2.51. The Bertz CT molecular complexity index is 2140. The summed E-state index contributed by atoms with van der Waals surface area (Å²) in [5, 5.41) is 0.834. The van der Waals surface area contributed by atoms with Crippen LogP contribution in [0.4, 0.5) is 0 Å². The van der Waals surface area contributed by atoms with E-state index < -0.39 is 25.5 Å². The Morgan fingerprint density at radius 3 is 2.00 bits per heavy atom. The molecule has 7 rings (SSSR count). The summed E-state index contributed by atoms with van der Waals surface area (Å²) in [6.07, 6.45) is 0.801. The Morgan fingerprint density at radius 2 is 1.33 bits per heavy atom. The summed E-state index contributed by atoms with van der Waals surface area (Å²) >= 11 is 0. The van der Waals surface area contributed by atoms with E-state index in [1.807, 2.05) is 50.2 Å². The van der Waals surface area contributed by atoms with Crippen LogP contribution in [0.1, 0.15) is 52.5 Å². The zero-order valence-electron chi connectivity index (χ0n) is 25.6. The first-order valence-electron chi connectivity index (χ1n) is 15.2. The van der Waals surface area contributed by atoms with Gasteiger partial charge in [0.25, 0.3) is 10.0 Å². The molecule has 1 saturated heterocycles. The van der Waals surface area contributed by atoms with Crippen LogP contribution in [0, 0.1) is 20.8 Å². The molecule has 1 spiro atoms. The Kier molecular flexibility index (Phi) is 7.28. The molecule has 4 aromatic carbocycles. The second-order valence-corrected chi connectivity index (χ2v) is 16.2. The van der Waals surface area contributed by atoms with E-state index in [1.165, 1.54) is 8.28 Å². The number of aryl methyl sites for hydroxylation is 3. The maximum absolute atomic E-state index is 14.5. The van der Waals surface area contributed by atoms with Gasteiger partial charge in [0.15, 0.2) is 0 Å². The van der Waals surface area contributed by atoms with E-state index in [2.05, 4.69) is 19.1 Å². The lowest BCUT2D eigenvalue weighted by Gasteiger charge is -2.47. The van der Waals surface area contributed by atoms with Crippen molar-refractivity contribution in [2.75, 3.05) is 13.2 Å².